The van der Waals surface area contributed by atoms with E-state index >= 15 is 0 Å². The van der Waals surface area contributed by atoms with Crippen molar-refractivity contribution in [3.8, 4) is 0 Å². The standard InChI is InChI=1S/C16H33N3/c1-4-18-8-5-6-16(13-17,7-9-18)19-11-14(2)10-15(3)12-19/h14-15H,4-13,17H2,1-3H3. The van der Waals surface area contributed by atoms with Crippen LogP contribution in [-0.4, -0.2) is 54.6 Å². The van der Waals surface area contributed by atoms with Gasteiger partial charge in [0.05, 0.1) is 0 Å². The van der Waals surface area contributed by atoms with E-state index in [1.54, 1.807) is 0 Å². The highest BCUT2D eigenvalue weighted by Crippen LogP contribution is 2.33. The molecule has 0 aromatic heterocycles. The summed E-state index contributed by atoms with van der Waals surface area (Å²) in [5.74, 6) is 1.66. The van der Waals surface area contributed by atoms with Gasteiger partial charge < -0.3 is 10.6 Å². The maximum absolute atomic E-state index is 6.26. The van der Waals surface area contributed by atoms with Crippen LogP contribution < -0.4 is 5.73 Å². The zero-order valence-corrected chi connectivity index (χ0v) is 13.2. The summed E-state index contributed by atoms with van der Waals surface area (Å²) in [6, 6.07) is 0. The Morgan fingerprint density at radius 2 is 1.79 bits per heavy atom. The zero-order chi connectivity index (χ0) is 13.9. The molecule has 0 spiro atoms. The van der Waals surface area contributed by atoms with Crippen LogP contribution in [-0.2, 0) is 0 Å². The van der Waals surface area contributed by atoms with Crippen LogP contribution in [0.1, 0.15) is 46.5 Å². The van der Waals surface area contributed by atoms with E-state index in [4.69, 9.17) is 5.73 Å². The van der Waals surface area contributed by atoms with Crippen LogP contribution in [0.2, 0.25) is 0 Å². The summed E-state index contributed by atoms with van der Waals surface area (Å²) in [6.45, 7) is 14.1. The Morgan fingerprint density at radius 1 is 1.11 bits per heavy atom. The molecule has 3 atom stereocenters. The molecule has 2 aliphatic rings. The van der Waals surface area contributed by atoms with Gasteiger partial charge in [-0.1, -0.05) is 20.8 Å². The molecule has 2 heterocycles. The molecular formula is C16H33N3. The molecule has 2 saturated heterocycles. The highest BCUT2D eigenvalue weighted by atomic mass is 15.2. The SMILES string of the molecule is CCN1CCCC(CN)(N2CC(C)CC(C)C2)CC1. The Hall–Kier alpha value is -0.120. The average molecular weight is 267 g/mol. The molecule has 112 valence electrons. The highest BCUT2D eigenvalue weighted by Gasteiger charge is 2.39. The van der Waals surface area contributed by atoms with Crippen molar-refractivity contribution in [3.05, 3.63) is 0 Å². The number of nitrogens with zero attached hydrogens (tertiary/aromatic N) is 2. The molecule has 0 aliphatic carbocycles. The monoisotopic (exact) mass is 267 g/mol. The molecule has 0 radical (unpaired) electrons. The third-order valence-corrected chi connectivity index (χ3v) is 5.38. The molecular weight excluding hydrogens is 234 g/mol. The minimum Gasteiger partial charge on any atom is -0.329 e. The number of hydrogen-bond donors (Lipinski definition) is 1. The van der Waals surface area contributed by atoms with Gasteiger partial charge in [-0.25, -0.2) is 0 Å². The summed E-state index contributed by atoms with van der Waals surface area (Å²) in [6.07, 6.45) is 5.25. The van der Waals surface area contributed by atoms with Gasteiger partial charge in [0, 0.05) is 25.2 Å². The van der Waals surface area contributed by atoms with Gasteiger partial charge in [0.15, 0.2) is 0 Å². The minimum absolute atomic E-state index is 0.285. The summed E-state index contributed by atoms with van der Waals surface area (Å²) in [7, 11) is 0. The van der Waals surface area contributed by atoms with Crippen LogP contribution in [0, 0.1) is 11.8 Å². The maximum Gasteiger partial charge on any atom is 0.0344 e. The molecule has 0 amide bonds. The summed E-state index contributed by atoms with van der Waals surface area (Å²) in [4.78, 5) is 5.35. The smallest absolute Gasteiger partial charge is 0.0344 e. The van der Waals surface area contributed by atoms with Crippen molar-refractivity contribution < 1.29 is 0 Å². The second kappa shape index (κ2) is 6.55. The third-order valence-electron chi connectivity index (χ3n) is 5.38. The molecule has 2 rings (SSSR count). The molecule has 3 nitrogen and oxygen atoms in total. The Bertz CT molecular complexity index is 271. The lowest BCUT2D eigenvalue weighted by Gasteiger charge is -2.48. The van der Waals surface area contributed by atoms with Gasteiger partial charge in [0.25, 0.3) is 0 Å². The van der Waals surface area contributed by atoms with Crippen molar-refractivity contribution in [1.29, 1.82) is 0 Å². The van der Waals surface area contributed by atoms with E-state index in [0.717, 1.165) is 18.4 Å². The molecule has 2 N–H and O–H groups in total. The van der Waals surface area contributed by atoms with E-state index in [1.807, 2.05) is 0 Å². The summed E-state index contributed by atoms with van der Waals surface area (Å²) >= 11 is 0. The molecule has 0 saturated carbocycles. The van der Waals surface area contributed by atoms with Crippen molar-refractivity contribution in [2.24, 2.45) is 17.6 Å². The third kappa shape index (κ3) is 3.50. The van der Waals surface area contributed by atoms with Gasteiger partial charge in [-0.3, -0.25) is 4.90 Å². The fraction of sp³-hybridized carbons (Fsp3) is 1.00. The lowest BCUT2D eigenvalue weighted by molar-refractivity contribution is 0.0190. The van der Waals surface area contributed by atoms with Crippen molar-refractivity contribution in [1.82, 2.24) is 9.80 Å². The van der Waals surface area contributed by atoms with E-state index in [9.17, 15) is 0 Å². The Morgan fingerprint density at radius 3 is 2.37 bits per heavy atom. The van der Waals surface area contributed by atoms with Crippen LogP contribution in [0.4, 0.5) is 0 Å². The molecule has 2 fully saturated rings. The molecule has 19 heavy (non-hydrogen) atoms. The van der Waals surface area contributed by atoms with E-state index in [2.05, 4.69) is 30.6 Å². The number of hydrogen-bond acceptors (Lipinski definition) is 3. The molecule has 3 unspecified atom stereocenters. The number of piperidine rings is 1. The maximum atomic E-state index is 6.26. The van der Waals surface area contributed by atoms with Crippen molar-refractivity contribution >= 4 is 0 Å². The number of nitrogens with two attached hydrogens (primary N) is 1. The first-order chi connectivity index (χ1) is 9.09. The summed E-state index contributed by atoms with van der Waals surface area (Å²) in [5, 5.41) is 0. The van der Waals surface area contributed by atoms with Crippen molar-refractivity contribution in [2.45, 2.75) is 52.0 Å². The molecule has 3 heteroatoms. The van der Waals surface area contributed by atoms with E-state index < -0.39 is 0 Å². The molecule has 0 aromatic rings. The average Bonchev–Trinajstić information content (AvgIpc) is 2.60. The number of likely N-dealkylation sites (tertiary alicyclic amines) is 2. The van der Waals surface area contributed by atoms with E-state index in [0.29, 0.717) is 0 Å². The van der Waals surface area contributed by atoms with Gasteiger partial charge in [0.2, 0.25) is 0 Å². The molecule has 0 bridgehead atoms. The minimum atomic E-state index is 0.285. The van der Waals surface area contributed by atoms with Crippen LogP contribution in [0.3, 0.4) is 0 Å². The van der Waals surface area contributed by atoms with E-state index in [1.165, 1.54) is 58.4 Å². The first-order valence-electron chi connectivity index (χ1n) is 8.27. The second-order valence-electron chi connectivity index (χ2n) is 7.07. The topological polar surface area (TPSA) is 32.5 Å². The first kappa shape index (κ1) is 15.3. The predicted molar refractivity (Wildman–Crippen MR) is 82.3 cm³/mol. The lowest BCUT2D eigenvalue weighted by atomic mass is 9.82. The van der Waals surface area contributed by atoms with E-state index in [-0.39, 0.29) is 5.54 Å². The van der Waals surface area contributed by atoms with Crippen LogP contribution in [0.25, 0.3) is 0 Å². The summed E-state index contributed by atoms with van der Waals surface area (Å²) in [5.41, 5.74) is 6.54. The van der Waals surface area contributed by atoms with Crippen LogP contribution in [0.5, 0.6) is 0 Å². The fourth-order valence-electron chi connectivity index (χ4n) is 4.25. The molecule has 2 aliphatic heterocycles. The second-order valence-corrected chi connectivity index (χ2v) is 7.07. The quantitative estimate of drug-likeness (QED) is 0.850. The fourth-order valence-corrected chi connectivity index (χ4v) is 4.25. The summed E-state index contributed by atoms with van der Waals surface area (Å²) < 4.78 is 0. The van der Waals surface area contributed by atoms with Gasteiger partial charge in [-0.05, 0) is 57.2 Å². The van der Waals surface area contributed by atoms with Crippen LogP contribution >= 0.6 is 0 Å². The Labute approximate surface area is 119 Å². The number of rotatable bonds is 3. The predicted octanol–water partition coefficient (Wildman–Crippen LogP) is 2.17. The highest BCUT2D eigenvalue weighted by molar-refractivity contribution is 4.97. The Kier molecular flexibility index (Phi) is 5.27. The largest absolute Gasteiger partial charge is 0.329 e. The van der Waals surface area contributed by atoms with Crippen molar-refractivity contribution in [3.63, 3.8) is 0 Å². The molecule has 0 aromatic carbocycles. The first-order valence-corrected chi connectivity index (χ1v) is 8.27. The Balaban J connectivity index is 2.08. The van der Waals surface area contributed by atoms with Gasteiger partial charge in [0.1, 0.15) is 0 Å². The van der Waals surface area contributed by atoms with Gasteiger partial charge in [-0.15, -0.1) is 0 Å². The van der Waals surface area contributed by atoms with Crippen LogP contribution in [0.15, 0.2) is 0 Å². The normalized spacial score (nSPS) is 39.2. The van der Waals surface area contributed by atoms with Gasteiger partial charge >= 0.3 is 0 Å². The zero-order valence-electron chi connectivity index (χ0n) is 13.2. The van der Waals surface area contributed by atoms with Crippen molar-refractivity contribution in [2.75, 3.05) is 39.3 Å². The lowest BCUT2D eigenvalue weighted by Crippen LogP contribution is -2.58. The van der Waals surface area contributed by atoms with Gasteiger partial charge in [-0.2, -0.15) is 0 Å².